The molecule has 1 atom stereocenters. The lowest BCUT2D eigenvalue weighted by molar-refractivity contribution is -0.135. The highest BCUT2D eigenvalue weighted by Crippen LogP contribution is 2.38. The first-order chi connectivity index (χ1) is 8.74. The summed E-state index contributed by atoms with van der Waals surface area (Å²) < 4.78 is 18.1. The van der Waals surface area contributed by atoms with Gasteiger partial charge in [-0.15, -0.1) is 0 Å². The molecule has 0 amide bonds. The summed E-state index contributed by atoms with van der Waals surface area (Å²) in [4.78, 5) is 11.6. The molecule has 3 heteroatoms. The number of carbonyl (C=O) groups is 1. The molecule has 90 valence electrons. The second-order valence-electron chi connectivity index (χ2n) is 4.32. The lowest BCUT2D eigenvalue weighted by Gasteiger charge is -2.24. The third-order valence-corrected chi connectivity index (χ3v) is 3.16. The van der Waals surface area contributed by atoms with Crippen LogP contribution in [0.1, 0.15) is 23.5 Å². The lowest BCUT2D eigenvalue weighted by Crippen LogP contribution is -2.20. The normalized spacial score (nSPS) is 18.1. The van der Waals surface area contributed by atoms with E-state index in [1.54, 1.807) is 18.2 Å². The van der Waals surface area contributed by atoms with Crippen molar-refractivity contribution in [2.45, 2.75) is 12.3 Å². The minimum absolute atomic E-state index is 0.0527. The maximum atomic E-state index is 12.9. The first kappa shape index (κ1) is 11.0. The average Bonchev–Trinajstić information content (AvgIpc) is 2.38. The molecule has 2 nitrogen and oxygen atoms in total. The van der Waals surface area contributed by atoms with Crippen LogP contribution in [0.25, 0.3) is 0 Å². The summed E-state index contributed by atoms with van der Waals surface area (Å²) in [5, 5.41) is 0. The van der Waals surface area contributed by atoms with Gasteiger partial charge in [0.2, 0.25) is 0 Å². The zero-order chi connectivity index (χ0) is 12.5. The minimum Gasteiger partial charge on any atom is -0.426 e. The standard InChI is InChI=1S/C15H11FO2/c16-11-7-5-10(6-8-11)13-9-15(17)18-14-4-2-1-3-12(13)14/h1-8,13H,9H2. The van der Waals surface area contributed by atoms with E-state index in [4.69, 9.17) is 4.74 Å². The van der Waals surface area contributed by atoms with Crippen LogP contribution in [0.15, 0.2) is 48.5 Å². The van der Waals surface area contributed by atoms with Crippen LogP contribution in [0, 0.1) is 5.82 Å². The van der Waals surface area contributed by atoms with Gasteiger partial charge in [-0.25, -0.2) is 4.39 Å². The fourth-order valence-electron chi connectivity index (χ4n) is 2.29. The molecule has 0 aromatic heterocycles. The van der Waals surface area contributed by atoms with E-state index in [1.807, 2.05) is 18.2 Å². The van der Waals surface area contributed by atoms with Crippen LogP contribution in [0.3, 0.4) is 0 Å². The topological polar surface area (TPSA) is 26.3 Å². The van der Waals surface area contributed by atoms with E-state index in [-0.39, 0.29) is 17.7 Å². The Labute approximate surface area is 104 Å². The van der Waals surface area contributed by atoms with E-state index in [1.165, 1.54) is 12.1 Å². The van der Waals surface area contributed by atoms with E-state index in [9.17, 15) is 9.18 Å². The SMILES string of the molecule is O=C1CC(c2ccc(F)cc2)c2ccccc2O1. The molecule has 18 heavy (non-hydrogen) atoms. The number of para-hydroxylation sites is 1. The largest absolute Gasteiger partial charge is 0.426 e. The van der Waals surface area contributed by atoms with Crippen molar-refractivity contribution in [3.05, 3.63) is 65.5 Å². The molecule has 0 fully saturated rings. The molecular weight excluding hydrogens is 231 g/mol. The Morgan fingerprint density at radius 1 is 1.06 bits per heavy atom. The molecule has 0 bridgehead atoms. The van der Waals surface area contributed by atoms with Crippen LogP contribution in [0.4, 0.5) is 4.39 Å². The first-order valence-corrected chi connectivity index (χ1v) is 5.79. The number of carbonyl (C=O) groups excluding carboxylic acids is 1. The Balaban J connectivity index is 2.07. The van der Waals surface area contributed by atoms with Gasteiger partial charge in [-0.2, -0.15) is 0 Å². The Hall–Kier alpha value is -2.16. The summed E-state index contributed by atoms with van der Waals surface area (Å²) >= 11 is 0. The third-order valence-electron chi connectivity index (χ3n) is 3.16. The lowest BCUT2D eigenvalue weighted by atomic mass is 9.86. The van der Waals surface area contributed by atoms with Crippen molar-refractivity contribution in [3.63, 3.8) is 0 Å². The van der Waals surface area contributed by atoms with Crippen LogP contribution < -0.4 is 4.74 Å². The molecule has 1 aliphatic heterocycles. The first-order valence-electron chi connectivity index (χ1n) is 5.79. The molecule has 2 aromatic carbocycles. The predicted molar refractivity (Wildman–Crippen MR) is 64.9 cm³/mol. The second-order valence-corrected chi connectivity index (χ2v) is 4.32. The fraction of sp³-hybridized carbons (Fsp3) is 0.133. The van der Waals surface area contributed by atoms with Crippen LogP contribution >= 0.6 is 0 Å². The van der Waals surface area contributed by atoms with Crippen molar-refractivity contribution in [2.24, 2.45) is 0 Å². The van der Waals surface area contributed by atoms with Crippen molar-refractivity contribution >= 4 is 5.97 Å². The molecule has 1 heterocycles. The van der Waals surface area contributed by atoms with Gasteiger partial charge >= 0.3 is 5.97 Å². The van der Waals surface area contributed by atoms with Crippen molar-refractivity contribution < 1.29 is 13.9 Å². The Bertz CT molecular complexity index is 590. The summed E-state index contributed by atoms with van der Waals surface area (Å²) in [5.74, 6) is 0.0274. The van der Waals surface area contributed by atoms with E-state index >= 15 is 0 Å². The number of rotatable bonds is 1. The summed E-state index contributed by atoms with van der Waals surface area (Å²) in [6.07, 6.45) is 0.294. The maximum Gasteiger partial charge on any atom is 0.312 e. The Morgan fingerprint density at radius 3 is 2.56 bits per heavy atom. The molecule has 0 saturated carbocycles. The van der Waals surface area contributed by atoms with E-state index in [0.29, 0.717) is 12.2 Å². The van der Waals surface area contributed by atoms with Crippen molar-refractivity contribution in [3.8, 4) is 5.75 Å². The van der Waals surface area contributed by atoms with E-state index in [0.717, 1.165) is 11.1 Å². The van der Waals surface area contributed by atoms with E-state index in [2.05, 4.69) is 0 Å². The van der Waals surface area contributed by atoms with Gasteiger partial charge in [-0.1, -0.05) is 30.3 Å². The van der Waals surface area contributed by atoms with Gasteiger partial charge < -0.3 is 4.74 Å². The molecule has 3 rings (SSSR count). The zero-order valence-electron chi connectivity index (χ0n) is 9.60. The molecule has 0 saturated heterocycles. The molecule has 1 unspecified atom stereocenters. The van der Waals surface area contributed by atoms with Gasteiger partial charge in [-0.05, 0) is 23.8 Å². The quantitative estimate of drug-likeness (QED) is 0.566. The highest BCUT2D eigenvalue weighted by atomic mass is 19.1. The van der Waals surface area contributed by atoms with Crippen LogP contribution in [0.5, 0.6) is 5.75 Å². The number of ether oxygens (including phenoxy) is 1. The van der Waals surface area contributed by atoms with Gasteiger partial charge in [0.1, 0.15) is 11.6 Å². The molecule has 0 N–H and O–H groups in total. The molecule has 0 aliphatic carbocycles. The highest BCUT2D eigenvalue weighted by molar-refractivity contribution is 5.77. The van der Waals surface area contributed by atoms with E-state index < -0.39 is 0 Å². The molecule has 0 radical (unpaired) electrons. The number of esters is 1. The minimum atomic E-state index is -0.273. The number of fused-ring (bicyclic) bond motifs is 1. The zero-order valence-corrected chi connectivity index (χ0v) is 9.60. The smallest absolute Gasteiger partial charge is 0.312 e. The van der Waals surface area contributed by atoms with Crippen molar-refractivity contribution in [2.75, 3.05) is 0 Å². The Kier molecular flexibility index (Phi) is 2.59. The van der Waals surface area contributed by atoms with Gasteiger partial charge in [0.25, 0.3) is 0 Å². The maximum absolute atomic E-state index is 12.9. The number of hydrogen-bond donors (Lipinski definition) is 0. The summed E-state index contributed by atoms with van der Waals surface area (Å²) in [6, 6.07) is 13.7. The summed E-state index contributed by atoms with van der Waals surface area (Å²) in [7, 11) is 0. The van der Waals surface area contributed by atoms with Crippen LogP contribution in [-0.2, 0) is 4.79 Å². The van der Waals surface area contributed by atoms with Gasteiger partial charge in [0, 0.05) is 11.5 Å². The van der Waals surface area contributed by atoms with Crippen LogP contribution in [-0.4, -0.2) is 5.97 Å². The predicted octanol–water partition coefficient (Wildman–Crippen LogP) is 3.27. The fourth-order valence-corrected chi connectivity index (χ4v) is 2.29. The summed E-state index contributed by atoms with van der Waals surface area (Å²) in [5.41, 5.74) is 1.91. The van der Waals surface area contributed by atoms with Gasteiger partial charge in [0.05, 0.1) is 6.42 Å². The van der Waals surface area contributed by atoms with Gasteiger partial charge in [-0.3, -0.25) is 4.79 Å². The molecular formula is C15H11FO2. The number of halogens is 1. The number of benzene rings is 2. The van der Waals surface area contributed by atoms with Crippen LogP contribution in [0.2, 0.25) is 0 Å². The molecule has 0 spiro atoms. The van der Waals surface area contributed by atoms with Crippen molar-refractivity contribution in [1.29, 1.82) is 0 Å². The second kappa shape index (κ2) is 4.26. The average molecular weight is 242 g/mol. The highest BCUT2D eigenvalue weighted by Gasteiger charge is 2.27. The molecule has 2 aromatic rings. The van der Waals surface area contributed by atoms with Gasteiger partial charge in [0.15, 0.2) is 0 Å². The number of hydrogen-bond acceptors (Lipinski definition) is 2. The van der Waals surface area contributed by atoms with Crippen molar-refractivity contribution in [1.82, 2.24) is 0 Å². The summed E-state index contributed by atoms with van der Waals surface area (Å²) in [6.45, 7) is 0. The third kappa shape index (κ3) is 1.88. The monoisotopic (exact) mass is 242 g/mol. The Morgan fingerprint density at radius 2 is 1.78 bits per heavy atom. The molecule has 1 aliphatic rings.